The number of carbonyl (C=O) groups excluding carboxylic acids is 1. The van der Waals surface area contributed by atoms with Crippen molar-refractivity contribution >= 4 is 61.8 Å². The van der Waals surface area contributed by atoms with Crippen LogP contribution in [-0.2, 0) is 0 Å². The highest BCUT2D eigenvalue weighted by atomic mass is 79.9. The maximum Gasteiger partial charge on any atom is 0.291 e. The van der Waals surface area contributed by atoms with Gasteiger partial charge < -0.3 is 14.2 Å². The Labute approximate surface area is 166 Å². The molecule has 1 N–H and O–H groups in total. The molecule has 4 aromatic rings. The summed E-state index contributed by atoms with van der Waals surface area (Å²) >= 11 is 15.4. The Morgan fingerprint density at radius 1 is 1.04 bits per heavy atom. The van der Waals surface area contributed by atoms with E-state index in [1.807, 2.05) is 0 Å². The quantitative estimate of drug-likeness (QED) is 0.390. The van der Waals surface area contributed by atoms with Gasteiger partial charge in [-0.2, -0.15) is 0 Å². The predicted octanol–water partition coefficient (Wildman–Crippen LogP) is 6.41. The van der Waals surface area contributed by atoms with E-state index in [4.69, 9.17) is 32.0 Å². The third-order valence-electron chi connectivity index (χ3n) is 3.60. The van der Waals surface area contributed by atoms with Crippen molar-refractivity contribution in [3.05, 3.63) is 69.0 Å². The molecule has 130 valence electrons. The molecule has 0 unspecified atom stereocenters. The van der Waals surface area contributed by atoms with Crippen LogP contribution in [0.5, 0.6) is 0 Å². The number of amides is 1. The fourth-order valence-corrected chi connectivity index (χ4v) is 3.09. The van der Waals surface area contributed by atoms with Crippen LogP contribution in [0.4, 0.5) is 5.69 Å². The minimum absolute atomic E-state index is 0.198. The molecule has 1 amide bonds. The third kappa shape index (κ3) is 3.35. The van der Waals surface area contributed by atoms with Gasteiger partial charge in [0.25, 0.3) is 5.91 Å². The average Bonchev–Trinajstić information content (AvgIpc) is 3.22. The molecule has 0 saturated heterocycles. The van der Waals surface area contributed by atoms with E-state index in [2.05, 4.69) is 26.2 Å². The summed E-state index contributed by atoms with van der Waals surface area (Å²) in [6, 6.07) is 13.4. The van der Waals surface area contributed by atoms with Gasteiger partial charge in [0.05, 0.1) is 10.6 Å². The molecule has 0 radical (unpaired) electrons. The molecule has 8 heteroatoms. The van der Waals surface area contributed by atoms with Crippen molar-refractivity contribution in [3.63, 3.8) is 0 Å². The van der Waals surface area contributed by atoms with E-state index in [1.54, 1.807) is 48.5 Å². The van der Waals surface area contributed by atoms with Gasteiger partial charge >= 0.3 is 0 Å². The lowest BCUT2D eigenvalue weighted by Crippen LogP contribution is -2.10. The Morgan fingerprint density at radius 3 is 2.65 bits per heavy atom. The lowest BCUT2D eigenvalue weighted by atomic mass is 10.2. The highest BCUT2D eigenvalue weighted by molar-refractivity contribution is 9.10. The fraction of sp³-hybridized carbons (Fsp3) is 0. The molecule has 26 heavy (non-hydrogen) atoms. The van der Waals surface area contributed by atoms with Crippen molar-refractivity contribution in [2.45, 2.75) is 0 Å². The molecule has 4 rings (SSSR count). The molecule has 2 aromatic carbocycles. The Morgan fingerprint density at radius 2 is 1.88 bits per heavy atom. The highest BCUT2D eigenvalue weighted by Crippen LogP contribution is 2.32. The van der Waals surface area contributed by atoms with Crippen LogP contribution in [0.25, 0.3) is 22.6 Å². The number of aromatic nitrogens is 1. The van der Waals surface area contributed by atoms with Crippen LogP contribution in [-0.4, -0.2) is 10.9 Å². The number of furan rings is 1. The smallest absolute Gasteiger partial charge is 0.291 e. The van der Waals surface area contributed by atoms with Gasteiger partial charge in [-0.1, -0.05) is 23.2 Å². The van der Waals surface area contributed by atoms with Gasteiger partial charge in [-0.15, -0.1) is 0 Å². The second-order valence-electron chi connectivity index (χ2n) is 5.38. The fourth-order valence-electron chi connectivity index (χ4n) is 2.41. The van der Waals surface area contributed by atoms with E-state index in [0.717, 1.165) is 0 Å². The zero-order valence-corrected chi connectivity index (χ0v) is 16.0. The first-order chi connectivity index (χ1) is 12.5. The van der Waals surface area contributed by atoms with Crippen LogP contribution >= 0.6 is 39.1 Å². The minimum Gasteiger partial charge on any atom is -0.444 e. The SMILES string of the molecule is O=C(Nc1ccc2oc(-c3cc(Cl)ccc3Cl)nc2c1)c1ccc(Br)o1. The van der Waals surface area contributed by atoms with Gasteiger partial charge in [0.15, 0.2) is 16.0 Å². The van der Waals surface area contributed by atoms with Crippen molar-refractivity contribution in [1.29, 1.82) is 0 Å². The summed E-state index contributed by atoms with van der Waals surface area (Å²) in [4.78, 5) is 16.6. The second kappa shape index (κ2) is 6.79. The van der Waals surface area contributed by atoms with Gasteiger partial charge in [-0.3, -0.25) is 4.79 Å². The number of hydrogen-bond donors (Lipinski definition) is 1. The molecule has 2 heterocycles. The number of nitrogens with one attached hydrogen (secondary N) is 1. The van der Waals surface area contributed by atoms with Crippen molar-refractivity contribution in [2.24, 2.45) is 0 Å². The van der Waals surface area contributed by atoms with E-state index in [0.29, 0.717) is 43.0 Å². The van der Waals surface area contributed by atoms with Crippen LogP contribution in [0.3, 0.4) is 0 Å². The normalized spacial score (nSPS) is 11.0. The zero-order chi connectivity index (χ0) is 18.3. The lowest BCUT2D eigenvalue weighted by molar-refractivity contribution is 0.0995. The number of nitrogens with zero attached hydrogens (tertiary/aromatic N) is 1. The van der Waals surface area contributed by atoms with Gasteiger partial charge in [0.1, 0.15) is 5.52 Å². The van der Waals surface area contributed by atoms with Crippen LogP contribution < -0.4 is 5.32 Å². The van der Waals surface area contributed by atoms with Crippen molar-refractivity contribution in [3.8, 4) is 11.5 Å². The van der Waals surface area contributed by atoms with Gasteiger partial charge in [-0.25, -0.2) is 4.98 Å². The predicted molar refractivity (Wildman–Crippen MR) is 104 cm³/mol. The summed E-state index contributed by atoms with van der Waals surface area (Å²) in [5, 5.41) is 3.77. The number of halogens is 3. The highest BCUT2D eigenvalue weighted by Gasteiger charge is 2.14. The van der Waals surface area contributed by atoms with E-state index in [9.17, 15) is 4.79 Å². The van der Waals surface area contributed by atoms with E-state index in [-0.39, 0.29) is 11.7 Å². The number of rotatable bonds is 3. The zero-order valence-electron chi connectivity index (χ0n) is 12.9. The van der Waals surface area contributed by atoms with E-state index < -0.39 is 0 Å². The molecule has 0 aliphatic rings. The molecular formula is C18H9BrCl2N2O3. The summed E-state index contributed by atoms with van der Waals surface area (Å²) in [5.74, 6) is 0.186. The molecular weight excluding hydrogens is 443 g/mol. The van der Waals surface area contributed by atoms with Crippen LogP contribution in [0.2, 0.25) is 10.0 Å². The summed E-state index contributed by atoms with van der Waals surface area (Å²) in [6.07, 6.45) is 0. The Balaban J connectivity index is 1.65. The molecule has 2 aromatic heterocycles. The monoisotopic (exact) mass is 450 g/mol. The Bertz CT molecular complexity index is 1140. The van der Waals surface area contributed by atoms with Crippen LogP contribution in [0.1, 0.15) is 10.6 Å². The number of carbonyl (C=O) groups is 1. The van der Waals surface area contributed by atoms with Crippen molar-refractivity contribution < 1.29 is 13.6 Å². The Hall–Kier alpha value is -2.28. The molecule has 0 aliphatic carbocycles. The molecule has 0 saturated carbocycles. The first-order valence-corrected chi connectivity index (χ1v) is 8.97. The average molecular weight is 452 g/mol. The molecule has 0 bridgehead atoms. The number of hydrogen-bond acceptors (Lipinski definition) is 4. The third-order valence-corrected chi connectivity index (χ3v) is 4.59. The molecule has 0 aliphatic heterocycles. The largest absolute Gasteiger partial charge is 0.444 e. The first kappa shape index (κ1) is 17.1. The van der Waals surface area contributed by atoms with Gasteiger partial charge in [-0.05, 0) is 64.5 Å². The summed E-state index contributed by atoms with van der Waals surface area (Å²) in [6.45, 7) is 0. The van der Waals surface area contributed by atoms with Crippen molar-refractivity contribution in [2.75, 3.05) is 5.32 Å². The van der Waals surface area contributed by atoms with Gasteiger partial charge in [0.2, 0.25) is 5.89 Å². The first-order valence-electron chi connectivity index (χ1n) is 7.42. The Kier molecular flexibility index (Phi) is 4.48. The van der Waals surface area contributed by atoms with E-state index in [1.165, 1.54) is 0 Å². The van der Waals surface area contributed by atoms with E-state index >= 15 is 0 Å². The maximum absolute atomic E-state index is 12.2. The number of benzene rings is 2. The summed E-state index contributed by atoms with van der Waals surface area (Å²) in [7, 11) is 0. The topological polar surface area (TPSA) is 68.3 Å². The molecule has 0 spiro atoms. The summed E-state index contributed by atoms with van der Waals surface area (Å²) < 4.78 is 11.5. The molecule has 0 fully saturated rings. The number of fused-ring (bicyclic) bond motifs is 1. The number of anilines is 1. The second-order valence-corrected chi connectivity index (χ2v) is 7.01. The maximum atomic E-state index is 12.2. The van der Waals surface area contributed by atoms with Gasteiger partial charge in [0, 0.05) is 10.7 Å². The van der Waals surface area contributed by atoms with Crippen LogP contribution in [0, 0.1) is 0 Å². The van der Waals surface area contributed by atoms with Crippen molar-refractivity contribution in [1.82, 2.24) is 4.98 Å². The lowest BCUT2D eigenvalue weighted by Gasteiger charge is -2.02. The van der Waals surface area contributed by atoms with Crippen LogP contribution in [0.15, 0.2) is 62.0 Å². The summed E-state index contributed by atoms with van der Waals surface area (Å²) in [5.41, 5.74) is 2.30. The minimum atomic E-state index is -0.364. The molecule has 5 nitrogen and oxygen atoms in total. The standard InChI is InChI=1S/C18H9BrCl2N2O3/c19-16-6-5-15(25-16)17(24)22-10-2-4-14-13(8-10)23-18(26-14)11-7-9(20)1-3-12(11)21/h1-8H,(H,22,24). The number of oxazole rings is 1. The molecule has 0 atom stereocenters.